The molecule has 29 heavy (non-hydrogen) atoms. The number of aromatic nitrogens is 4. The molecule has 10 heteroatoms. The number of thioether (sulfide) groups is 1. The standard InChI is InChI=1S/C19H20N6O2S2/c1-24-19(21-22-23-24)29-12-17(26)20-14-8-6-13(7-9-14)18(27)25-10-2-4-15(25)16-5-3-11-28-16/h3,5-9,11,15H,2,4,10,12H2,1H3,(H,20,26)/t15-/m1/s1. The average molecular weight is 429 g/mol. The van der Waals surface area contributed by atoms with Crippen molar-refractivity contribution in [2.75, 3.05) is 17.6 Å². The van der Waals surface area contributed by atoms with Crippen LogP contribution in [0.1, 0.15) is 34.1 Å². The zero-order valence-corrected chi connectivity index (χ0v) is 17.4. The number of thiophene rings is 1. The maximum atomic E-state index is 13.0. The number of hydrogen-bond acceptors (Lipinski definition) is 7. The van der Waals surface area contributed by atoms with E-state index in [1.165, 1.54) is 21.3 Å². The first kappa shape index (κ1) is 19.6. The minimum Gasteiger partial charge on any atom is -0.331 e. The van der Waals surface area contributed by atoms with E-state index in [0.717, 1.165) is 19.4 Å². The normalized spacial score (nSPS) is 16.2. The lowest BCUT2D eigenvalue weighted by atomic mass is 10.1. The molecule has 3 aromatic rings. The molecule has 0 aliphatic carbocycles. The van der Waals surface area contributed by atoms with Crippen LogP contribution in [-0.2, 0) is 11.8 Å². The van der Waals surface area contributed by atoms with Gasteiger partial charge in [0.15, 0.2) is 0 Å². The van der Waals surface area contributed by atoms with Crippen LogP contribution < -0.4 is 5.32 Å². The van der Waals surface area contributed by atoms with Crippen LogP contribution in [-0.4, -0.2) is 49.2 Å². The van der Waals surface area contributed by atoms with Gasteiger partial charge in [0.05, 0.1) is 11.8 Å². The Balaban J connectivity index is 1.35. The summed E-state index contributed by atoms with van der Waals surface area (Å²) < 4.78 is 1.51. The van der Waals surface area contributed by atoms with Crippen LogP contribution in [0.4, 0.5) is 5.69 Å². The molecule has 1 atom stereocenters. The van der Waals surface area contributed by atoms with E-state index < -0.39 is 0 Å². The molecule has 1 saturated heterocycles. The fraction of sp³-hybridized carbons (Fsp3) is 0.316. The van der Waals surface area contributed by atoms with Crippen molar-refractivity contribution in [2.24, 2.45) is 7.05 Å². The maximum absolute atomic E-state index is 13.0. The Morgan fingerprint density at radius 3 is 2.79 bits per heavy atom. The van der Waals surface area contributed by atoms with Crippen LogP contribution in [0.2, 0.25) is 0 Å². The molecule has 1 fully saturated rings. The lowest BCUT2D eigenvalue weighted by Gasteiger charge is -2.24. The van der Waals surface area contributed by atoms with Gasteiger partial charge in [-0.2, -0.15) is 0 Å². The lowest BCUT2D eigenvalue weighted by Crippen LogP contribution is -2.30. The Morgan fingerprint density at radius 1 is 1.28 bits per heavy atom. The summed E-state index contributed by atoms with van der Waals surface area (Å²) in [6.07, 6.45) is 2.01. The third-order valence-electron chi connectivity index (χ3n) is 4.71. The van der Waals surface area contributed by atoms with Crippen LogP contribution in [0, 0.1) is 0 Å². The van der Waals surface area contributed by atoms with Crippen LogP contribution in [0.5, 0.6) is 0 Å². The topological polar surface area (TPSA) is 93.0 Å². The number of likely N-dealkylation sites (tertiary alicyclic amines) is 1. The molecule has 2 aromatic heterocycles. The highest BCUT2D eigenvalue weighted by Crippen LogP contribution is 2.35. The van der Waals surface area contributed by atoms with E-state index in [0.29, 0.717) is 16.4 Å². The van der Waals surface area contributed by atoms with Gasteiger partial charge in [-0.15, -0.1) is 16.4 Å². The number of anilines is 1. The average Bonchev–Trinajstić information content (AvgIpc) is 3.48. The predicted octanol–water partition coefficient (Wildman–Crippen LogP) is 2.98. The summed E-state index contributed by atoms with van der Waals surface area (Å²) in [7, 11) is 1.72. The Bertz CT molecular complexity index is 987. The molecule has 1 aliphatic rings. The number of hydrogen-bond donors (Lipinski definition) is 1. The number of amides is 2. The highest BCUT2D eigenvalue weighted by Gasteiger charge is 2.31. The van der Waals surface area contributed by atoms with E-state index >= 15 is 0 Å². The summed E-state index contributed by atoms with van der Waals surface area (Å²) in [4.78, 5) is 28.3. The maximum Gasteiger partial charge on any atom is 0.254 e. The first-order chi connectivity index (χ1) is 14.1. The van der Waals surface area contributed by atoms with Crippen molar-refractivity contribution in [3.05, 3.63) is 52.2 Å². The fourth-order valence-corrected chi connectivity index (χ4v) is 4.84. The van der Waals surface area contributed by atoms with E-state index in [2.05, 4.69) is 26.9 Å². The van der Waals surface area contributed by atoms with Gasteiger partial charge in [0.2, 0.25) is 11.1 Å². The van der Waals surface area contributed by atoms with Crippen LogP contribution in [0.25, 0.3) is 0 Å². The quantitative estimate of drug-likeness (QED) is 0.607. The highest BCUT2D eigenvalue weighted by atomic mass is 32.2. The molecule has 0 saturated carbocycles. The Hall–Kier alpha value is -2.72. The minimum atomic E-state index is -0.158. The Morgan fingerprint density at radius 2 is 2.10 bits per heavy atom. The highest BCUT2D eigenvalue weighted by molar-refractivity contribution is 7.99. The summed E-state index contributed by atoms with van der Waals surface area (Å²) in [6, 6.07) is 11.3. The molecule has 150 valence electrons. The van der Waals surface area contributed by atoms with E-state index in [1.54, 1.807) is 42.6 Å². The molecular formula is C19H20N6O2S2. The molecule has 1 N–H and O–H groups in total. The number of benzene rings is 1. The van der Waals surface area contributed by atoms with Crippen LogP contribution in [0.3, 0.4) is 0 Å². The Kier molecular flexibility index (Phi) is 5.91. The first-order valence-electron chi connectivity index (χ1n) is 9.21. The zero-order chi connectivity index (χ0) is 20.2. The number of nitrogens with one attached hydrogen (secondary N) is 1. The van der Waals surface area contributed by atoms with Gasteiger partial charge >= 0.3 is 0 Å². The van der Waals surface area contributed by atoms with E-state index in [4.69, 9.17) is 0 Å². The molecule has 8 nitrogen and oxygen atoms in total. The molecule has 0 unspecified atom stereocenters. The fourth-order valence-electron chi connectivity index (χ4n) is 3.32. The number of carbonyl (C=O) groups excluding carboxylic acids is 2. The second kappa shape index (κ2) is 8.75. The largest absolute Gasteiger partial charge is 0.331 e. The Labute approximate surface area is 176 Å². The summed E-state index contributed by atoms with van der Waals surface area (Å²) in [5.74, 6) is 0.0732. The molecule has 1 aliphatic heterocycles. The van der Waals surface area contributed by atoms with Gasteiger partial charge in [0.25, 0.3) is 5.91 Å². The molecule has 0 radical (unpaired) electrons. The monoisotopic (exact) mass is 428 g/mol. The van der Waals surface area contributed by atoms with Gasteiger partial charge in [-0.3, -0.25) is 9.59 Å². The molecule has 3 heterocycles. The van der Waals surface area contributed by atoms with E-state index in [9.17, 15) is 9.59 Å². The van der Waals surface area contributed by atoms with Gasteiger partial charge in [-0.1, -0.05) is 17.8 Å². The van der Waals surface area contributed by atoms with Gasteiger partial charge < -0.3 is 10.2 Å². The zero-order valence-electron chi connectivity index (χ0n) is 15.8. The smallest absolute Gasteiger partial charge is 0.254 e. The number of rotatable bonds is 6. The summed E-state index contributed by atoms with van der Waals surface area (Å²) in [6.45, 7) is 0.772. The third kappa shape index (κ3) is 4.48. The second-order valence-electron chi connectivity index (χ2n) is 6.67. The molecular weight excluding hydrogens is 408 g/mol. The minimum absolute atomic E-state index is 0.0316. The van der Waals surface area contributed by atoms with Crippen molar-refractivity contribution in [2.45, 2.75) is 24.0 Å². The van der Waals surface area contributed by atoms with Gasteiger partial charge in [-0.05, 0) is 59.0 Å². The summed E-state index contributed by atoms with van der Waals surface area (Å²) in [5.41, 5.74) is 1.28. The molecule has 4 rings (SSSR count). The van der Waals surface area contributed by atoms with Crippen molar-refractivity contribution in [3.8, 4) is 0 Å². The SMILES string of the molecule is Cn1nnnc1SCC(=O)Nc1ccc(C(=O)N2CCC[C@@H]2c2cccs2)cc1. The molecule has 1 aromatic carbocycles. The van der Waals surface area contributed by atoms with Crippen LogP contribution in [0.15, 0.2) is 46.9 Å². The van der Waals surface area contributed by atoms with E-state index in [1.807, 2.05) is 16.3 Å². The third-order valence-corrected chi connectivity index (χ3v) is 6.70. The van der Waals surface area contributed by atoms with Crippen molar-refractivity contribution < 1.29 is 9.59 Å². The lowest BCUT2D eigenvalue weighted by molar-refractivity contribution is -0.113. The van der Waals surface area contributed by atoms with E-state index in [-0.39, 0.29) is 23.6 Å². The van der Waals surface area contributed by atoms with Crippen molar-refractivity contribution in [3.63, 3.8) is 0 Å². The van der Waals surface area contributed by atoms with Gasteiger partial charge in [0.1, 0.15) is 0 Å². The number of aryl methyl sites for hydroxylation is 1. The molecule has 2 amide bonds. The first-order valence-corrected chi connectivity index (χ1v) is 11.1. The summed E-state index contributed by atoms with van der Waals surface area (Å²) in [5, 5.41) is 16.6. The number of nitrogens with zero attached hydrogens (tertiary/aromatic N) is 5. The van der Waals surface area contributed by atoms with Crippen LogP contribution >= 0.6 is 23.1 Å². The predicted molar refractivity (Wildman–Crippen MR) is 112 cm³/mol. The van der Waals surface area contributed by atoms with Crippen molar-refractivity contribution in [1.82, 2.24) is 25.1 Å². The number of carbonyl (C=O) groups is 2. The van der Waals surface area contributed by atoms with Crippen molar-refractivity contribution in [1.29, 1.82) is 0 Å². The second-order valence-corrected chi connectivity index (χ2v) is 8.59. The van der Waals surface area contributed by atoms with Crippen molar-refractivity contribution >= 4 is 40.6 Å². The summed E-state index contributed by atoms with van der Waals surface area (Å²) >= 11 is 2.95. The number of tetrazole rings is 1. The molecule has 0 bridgehead atoms. The van der Waals surface area contributed by atoms with Gasteiger partial charge in [0, 0.05) is 29.7 Å². The molecule has 0 spiro atoms. The van der Waals surface area contributed by atoms with Gasteiger partial charge in [-0.25, -0.2) is 4.68 Å².